The first-order valence-corrected chi connectivity index (χ1v) is 10.8. The Hall–Kier alpha value is -1.25. The summed E-state index contributed by atoms with van der Waals surface area (Å²) in [6.45, 7) is 2.22. The molecule has 3 aliphatic rings. The van der Waals surface area contributed by atoms with Crippen molar-refractivity contribution in [3.8, 4) is 0 Å². The number of nitrogens with zero attached hydrogens (tertiary/aromatic N) is 2. The fourth-order valence-electron chi connectivity index (χ4n) is 5.38. The molecule has 0 spiro atoms. The highest BCUT2D eigenvalue weighted by atomic mass is 35.5. The Morgan fingerprint density at radius 3 is 2.69 bits per heavy atom. The molecule has 2 unspecified atom stereocenters. The van der Waals surface area contributed by atoms with E-state index in [1.165, 1.54) is 61.4 Å². The van der Waals surface area contributed by atoms with Crippen LogP contribution in [0.1, 0.15) is 62.2 Å². The van der Waals surface area contributed by atoms with Gasteiger partial charge in [-0.15, -0.1) is 0 Å². The molecule has 26 heavy (non-hydrogen) atoms. The third kappa shape index (κ3) is 2.82. The second-order valence-electron chi connectivity index (χ2n) is 8.64. The summed E-state index contributed by atoms with van der Waals surface area (Å²) in [7, 11) is 2.23. The second-order valence-corrected chi connectivity index (χ2v) is 9.08. The third-order valence-electron chi connectivity index (χ3n) is 6.91. The Bertz CT molecular complexity index is 855. The highest BCUT2D eigenvalue weighted by molar-refractivity contribution is 6.31. The average Bonchev–Trinajstić information content (AvgIpc) is 2.93. The summed E-state index contributed by atoms with van der Waals surface area (Å²) in [5.74, 6) is 0.734. The van der Waals surface area contributed by atoms with Crippen LogP contribution in [0.15, 0.2) is 29.8 Å². The average molecular weight is 369 g/mol. The van der Waals surface area contributed by atoms with Crippen LogP contribution in [0.3, 0.4) is 0 Å². The van der Waals surface area contributed by atoms with Crippen molar-refractivity contribution in [3.63, 3.8) is 0 Å². The Labute approximate surface area is 161 Å². The number of hydrogen-bond donors (Lipinski definition) is 0. The van der Waals surface area contributed by atoms with E-state index in [2.05, 4.69) is 40.8 Å². The lowest BCUT2D eigenvalue weighted by molar-refractivity contribution is 0.223. The summed E-state index contributed by atoms with van der Waals surface area (Å²) in [5.41, 5.74) is 6.25. The molecule has 2 nitrogen and oxygen atoms in total. The molecule has 1 aliphatic heterocycles. The molecule has 2 atom stereocenters. The van der Waals surface area contributed by atoms with Gasteiger partial charge < -0.3 is 9.47 Å². The van der Waals surface area contributed by atoms with Gasteiger partial charge in [-0.25, -0.2) is 0 Å². The molecule has 0 bridgehead atoms. The van der Waals surface area contributed by atoms with E-state index in [-0.39, 0.29) is 0 Å². The van der Waals surface area contributed by atoms with Gasteiger partial charge >= 0.3 is 0 Å². The first kappa shape index (κ1) is 16.9. The number of allylic oxidation sites excluding steroid dienone is 2. The SMILES string of the molecule is CN1CCc2c(c3cc(Cl)ccc3n2C2CCC2C=C2CCCCC2)C1. The summed E-state index contributed by atoms with van der Waals surface area (Å²) in [6, 6.07) is 7.18. The van der Waals surface area contributed by atoms with E-state index in [0.29, 0.717) is 6.04 Å². The molecule has 1 aromatic heterocycles. The summed E-state index contributed by atoms with van der Waals surface area (Å²) in [6.07, 6.45) is 13.4. The van der Waals surface area contributed by atoms with Crippen molar-refractivity contribution in [3.05, 3.63) is 46.1 Å². The maximum Gasteiger partial charge on any atom is 0.0489 e. The highest BCUT2D eigenvalue weighted by Crippen LogP contribution is 2.46. The van der Waals surface area contributed by atoms with Gasteiger partial charge in [0.25, 0.3) is 0 Å². The van der Waals surface area contributed by atoms with Crippen LogP contribution in [0.5, 0.6) is 0 Å². The van der Waals surface area contributed by atoms with Crippen molar-refractivity contribution >= 4 is 22.5 Å². The largest absolute Gasteiger partial charge is 0.341 e. The van der Waals surface area contributed by atoms with E-state index in [1.54, 1.807) is 11.3 Å². The van der Waals surface area contributed by atoms with Crippen LogP contribution in [0.2, 0.25) is 5.02 Å². The van der Waals surface area contributed by atoms with E-state index in [4.69, 9.17) is 11.6 Å². The van der Waals surface area contributed by atoms with Gasteiger partial charge in [-0.1, -0.05) is 29.7 Å². The Kier molecular flexibility index (Phi) is 4.37. The van der Waals surface area contributed by atoms with Crippen molar-refractivity contribution < 1.29 is 0 Å². The standard InChI is InChI=1S/C23H29ClN2/c1-25-12-11-23-20(15-25)19-14-18(24)8-10-22(19)26(23)21-9-7-17(21)13-16-5-3-2-4-6-16/h8,10,13-14,17,21H,2-7,9,11-12,15H2,1H3. The molecular weight excluding hydrogens is 340 g/mol. The van der Waals surface area contributed by atoms with Crippen molar-refractivity contribution in [2.45, 2.75) is 64.0 Å². The lowest BCUT2D eigenvalue weighted by Crippen LogP contribution is -2.32. The summed E-state index contributed by atoms with van der Waals surface area (Å²) < 4.78 is 2.71. The molecule has 2 heterocycles. The zero-order valence-corrected chi connectivity index (χ0v) is 16.6. The number of benzene rings is 1. The smallest absolute Gasteiger partial charge is 0.0489 e. The van der Waals surface area contributed by atoms with E-state index in [0.717, 1.165) is 30.5 Å². The second kappa shape index (κ2) is 6.73. The maximum absolute atomic E-state index is 6.36. The topological polar surface area (TPSA) is 8.17 Å². The van der Waals surface area contributed by atoms with Gasteiger partial charge in [0.15, 0.2) is 0 Å². The lowest BCUT2D eigenvalue weighted by Gasteiger charge is -2.39. The van der Waals surface area contributed by atoms with Crippen LogP contribution in [0.25, 0.3) is 10.9 Å². The van der Waals surface area contributed by atoms with Gasteiger partial charge in [-0.3, -0.25) is 0 Å². The number of likely N-dealkylation sites (N-methyl/N-ethyl adjacent to an activating group) is 1. The minimum Gasteiger partial charge on any atom is -0.341 e. The minimum absolute atomic E-state index is 0.653. The van der Waals surface area contributed by atoms with Crippen LogP contribution in [0, 0.1) is 5.92 Å². The molecule has 138 valence electrons. The normalized spacial score (nSPS) is 26.6. The molecule has 3 heteroatoms. The zero-order chi connectivity index (χ0) is 17.7. The molecule has 0 radical (unpaired) electrons. The molecule has 2 aliphatic carbocycles. The van der Waals surface area contributed by atoms with Gasteiger partial charge in [0, 0.05) is 47.2 Å². The molecule has 5 rings (SSSR count). The van der Waals surface area contributed by atoms with Crippen LogP contribution in [-0.4, -0.2) is 23.1 Å². The third-order valence-corrected chi connectivity index (χ3v) is 7.14. The highest BCUT2D eigenvalue weighted by Gasteiger charge is 2.35. The summed E-state index contributed by atoms with van der Waals surface area (Å²) >= 11 is 6.36. The predicted molar refractivity (Wildman–Crippen MR) is 110 cm³/mol. The van der Waals surface area contributed by atoms with Crippen molar-refractivity contribution in [2.24, 2.45) is 5.92 Å². The van der Waals surface area contributed by atoms with E-state index < -0.39 is 0 Å². The predicted octanol–water partition coefficient (Wildman–Crippen LogP) is 6.12. The molecule has 2 saturated carbocycles. The van der Waals surface area contributed by atoms with Crippen LogP contribution < -0.4 is 0 Å². The Balaban J connectivity index is 1.56. The first-order chi connectivity index (χ1) is 12.7. The van der Waals surface area contributed by atoms with Crippen LogP contribution in [0.4, 0.5) is 0 Å². The molecule has 2 aromatic rings. The van der Waals surface area contributed by atoms with Gasteiger partial charge in [-0.2, -0.15) is 0 Å². The van der Waals surface area contributed by atoms with E-state index in [9.17, 15) is 0 Å². The quantitative estimate of drug-likeness (QED) is 0.579. The van der Waals surface area contributed by atoms with Gasteiger partial charge in [-0.05, 0) is 75.3 Å². The van der Waals surface area contributed by atoms with Crippen LogP contribution >= 0.6 is 11.6 Å². The van der Waals surface area contributed by atoms with E-state index >= 15 is 0 Å². The van der Waals surface area contributed by atoms with Gasteiger partial charge in [0.1, 0.15) is 0 Å². The Morgan fingerprint density at radius 2 is 1.92 bits per heavy atom. The number of fused-ring (bicyclic) bond motifs is 3. The number of rotatable bonds is 2. The molecular formula is C23H29ClN2. The maximum atomic E-state index is 6.36. The van der Waals surface area contributed by atoms with Crippen LogP contribution in [-0.2, 0) is 13.0 Å². The molecule has 0 saturated heterocycles. The first-order valence-electron chi connectivity index (χ1n) is 10.4. The van der Waals surface area contributed by atoms with Crippen molar-refractivity contribution in [1.82, 2.24) is 9.47 Å². The molecule has 1 aromatic carbocycles. The van der Waals surface area contributed by atoms with Crippen molar-refractivity contribution in [2.75, 3.05) is 13.6 Å². The molecule has 2 fully saturated rings. The molecule has 0 N–H and O–H groups in total. The fraction of sp³-hybridized carbons (Fsp3) is 0.565. The molecule has 0 amide bonds. The minimum atomic E-state index is 0.653. The monoisotopic (exact) mass is 368 g/mol. The number of aromatic nitrogens is 1. The Morgan fingerprint density at radius 1 is 1.08 bits per heavy atom. The lowest BCUT2D eigenvalue weighted by atomic mass is 9.76. The zero-order valence-electron chi connectivity index (χ0n) is 15.8. The summed E-state index contributed by atoms with van der Waals surface area (Å²) in [5, 5.41) is 2.25. The van der Waals surface area contributed by atoms with Gasteiger partial charge in [0.2, 0.25) is 0 Å². The fourth-order valence-corrected chi connectivity index (χ4v) is 5.55. The van der Waals surface area contributed by atoms with Crippen molar-refractivity contribution in [1.29, 1.82) is 0 Å². The summed E-state index contributed by atoms with van der Waals surface area (Å²) in [4.78, 5) is 2.44. The van der Waals surface area contributed by atoms with Gasteiger partial charge in [0.05, 0.1) is 0 Å². The van der Waals surface area contributed by atoms with E-state index in [1.807, 2.05) is 0 Å². The number of halogens is 1. The number of hydrogen-bond acceptors (Lipinski definition) is 1.